The molecule has 116 valence electrons. The Morgan fingerprint density at radius 2 is 2.05 bits per heavy atom. The van der Waals surface area contributed by atoms with Crippen molar-refractivity contribution in [2.45, 2.75) is 57.2 Å². The molecule has 5 nitrogen and oxygen atoms in total. The Morgan fingerprint density at radius 1 is 1.30 bits per heavy atom. The molecule has 2 aliphatic rings. The first-order chi connectivity index (χ1) is 9.76. The Bertz CT molecular complexity index is 303. The van der Waals surface area contributed by atoms with Gasteiger partial charge in [0.05, 0.1) is 13.2 Å². The van der Waals surface area contributed by atoms with Crippen LogP contribution in [0.2, 0.25) is 0 Å². The van der Waals surface area contributed by atoms with Crippen LogP contribution in [-0.2, 0) is 9.53 Å². The van der Waals surface area contributed by atoms with Crippen molar-refractivity contribution >= 4 is 5.91 Å². The molecule has 20 heavy (non-hydrogen) atoms. The molecule has 1 aliphatic heterocycles. The van der Waals surface area contributed by atoms with E-state index in [1.165, 1.54) is 25.7 Å². The zero-order chi connectivity index (χ0) is 14.4. The summed E-state index contributed by atoms with van der Waals surface area (Å²) in [6.45, 7) is 5.02. The fraction of sp³-hybridized carbons (Fsp3) is 0.933. The third-order valence-corrected chi connectivity index (χ3v) is 4.60. The van der Waals surface area contributed by atoms with Gasteiger partial charge in [0.25, 0.3) is 0 Å². The molecule has 1 heterocycles. The Balaban J connectivity index is 1.91. The fourth-order valence-electron chi connectivity index (χ4n) is 3.34. The monoisotopic (exact) mass is 283 g/mol. The maximum Gasteiger partial charge on any atom is 0.239 e. The number of carbonyl (C=O) groups is 1. The van der Waals surface area contributed by atoms with Crippen molar-refractivity contribution in [1.82, 2.24) is 15.5 Å². The number of rotatable bonds is 5. The smallest absolute Gasteiger partial charge is 0.239 e. The van der Waals surface area contributed by atoms with Crippen molar-refractivity contribution in [3.63, 3.8) is 0 Å². The van der Waals surface area contributed by atoms with Gasteiger partial charge in [-0.15, -0.1) is 0 Å². The molecule has 0 radical (unpaired) electrons. The number of nitrogens with zero attached hydrogens (tertiary/aromatic N) is 1. The first-order valence-corrected chi connectivity index (χ1v) is 8.04. The van der Waals surface area contributed by atoms with E-state index in [9.17, 15) is 4.79 Å². The zero-order valence-corrected chi connectivity index (χ0v) is 12.9. The van der Waals surface area contributed by atoms with Gasteiger partial charge < -0.3 is 15.4 Å². The minimum atomic E-state index is -0.0913. The SMILES string of the molecule is CCCNC(=O)C1COCCN1C1CCC(NC)CC1. The second-order valence-electron chi connectivity index (χ2n) is 5.91. The van der Waals surface area contributed by atoms with Gasteiger partial charge in [-0.1, -0.05) is 6.92 Å². The van der Waals surface area contributed by atoms with Crippen molar-refractivity contribution in [3.05, 3.63) is 0 Å². The van der Waals surface area contributed by atoms with Gasteiger partial charge in [0.2, 0.25) is 5.91 Å². The van der Waals surface area contributed by atoms with Crippen LogP contribution in [-0.4, -0.2) is 62.3 Å². The van der Waals surface area contributed by atoms with Crippen molar-refractivity contribution < 1.29 is 9.53 Å². The number of hydrogen-bond donors (Lipinski definition) is 2. The Hall–Kier alpha value is -0.650. The molecule has 1 aliphatic carbocycles. The highest BCUT2D eigenvalue weighted by molar-refractivity contribution is 5.82. The largest absolute Gasteiger partial charge is 0.378 e. The van der Waals surface area contributed by atoms with Crippen LogP contribution in [0.4, 0.5) is 0 Å². The molecule has 2 rings (SSSR count). The molecule has 2 N–H and O–H groups in total. The molecule has 5 heteroatoms. The minimum absolute atomic E-state index is 0.0913. The van der Waals surface area contributed by atoms with Crippen molar-refractivity contribution in [2.75, 3.05) is 33.4 Å². The first-order valence-electron chi connectivity index (χ1n) is 8.04. The molecule has 1 amide bonds. The van der Waals surface area contributed by atoms with Crippen LogP contribution >= 0.6 is 0 Å². The maximum absolute atomic E-state index is 12.3. The predicted molar refractivity (Wildman–Crippen MR) is 79.7 cm³/mol. The van der Waals surface area contributed by atoms with Gasteiger partial charge in [0.15, 0.2) is 0 Å². The summed E-state index contributed by atoms with van der Waals surface area (Å²) < 4.78 is 5.53. The van der Waals surface area contributed by atoms with Gasteiger partial charge in [-0.3, -0.25) is 9.69 Å². The Labute approximate surface area is 122 Å². The maximum atomic E-state index is 12.3. The van der Waals surface area contributed by atoms with E-state index >= 15 is 0 Å². The number of amides is 1. The summed E-state index contributed by atoms with van der Waals surface area (Å²) in [6, 6.07) is 1.10. The van der Waals surface area contributed by atoms with Gasteiger partial charge in [0, 0.05) is 25.2 Å². The molecule has 1 atom stereocenters. The predicted octanol–water partition coefficient (Wildman–Crippen LogP) is 0.744. The van der Waals surface area contributed by atoms with E-state index in [1.54, 1.807) is 0 Å². The highest BCUT2D eigenvalue weighted by atomic mass is 16.5. The molecule has 0 spiro atoms. The molecule has 1 saturated heterocycles. The quantitative estimate of drug-likeness (QED) is 0.781. The van der Waals surface area contributed by atoms with Gasteiger partial charge in [-0.2, -0.15) is 0 Å². The number of morpholine rings is 1. The summed E-state index contributed by atoms with van der Waals surface area (Å²) in [5.41, 5.74) is 0. The van der Waals surface area contributed by atoms with E-state index in [0.29, 0.717) is 18.7 Å². The number of carbonyl (C=O) groups excluding carboxylic acids is 1. The molecular weight excluding hydrogens is 254 g/mol. The fourth-order valence-corrected chi connectivity index (χ4v) is 3.34. The summed E-state index contributed by atoms with van der Waals surface area (Å²) in [6.07, 6.45) is 5.77. The molecular formula is C15H29N3O2. The van der Waals surface area contributed by atoms with Crippen LogP contribution in [0.15, 0.2) is 0 Å². The van der Waals surface area contributed by atoms with Crippen LogP contribution < -0.4 is 10.6 Å². The van der Waals surface area contributed by atoms with E-state index in [4.69, 9.17) is 4.74 Å². The number of ether oxygens (including phenoxy) is 1. The second-order valence-corrected chi connectivity index (χ2v) is 5.91. The van der Waals surface area contributed by atoms with Gasteiger partial charge >= 0.3 is 0 Å². The van der Waals surface area contributed by atoms with Gasteiger partial charge in [-0.25, -0.2) is 0 Å². The van der Waals surface area contributed by atoms with Crippen LogP contribution in [0.25, 0.3) is 0 Å². The van der Waals surface area contributed by atoms with E-state index in [-0.39, 0.29) is 11.9 Å². The topological polar surface area (TPSA) is 53.6 Å². The Kier molecular flexibility index (Phi) is 6.26. The molecule has 0 bridgehead atoms. The molecule has 1 unspecified atom stereocenters. The van der Waals surface area contributed by atoms with Crippen molar-refractivity contribution in [2.24, 2.45) is 0 Å². The molecule has 2 fully saturated rings. The molecule has 0 aromatic heterocycles. The lowest BCUT2D eigenvalue weighted by atomic mass is 9.89. The summed E-state index contributed by atoms with van der Waals surface area (Å²) in [7, 11) is 2.04. The highest BCUT2D eigenvalue weighted by Crippen LogP contribution is 2.26. The third kappa shape index (κ3) is 3.93. The summed E-state index contributed by atoms with van der Waals surface area (Å²) in [4.78, 5) is 14.7. The van der Waals surface area contributed by atoms with Gasteiger partial charge in [0.1, 0.15) is 6.04 Å². The van der Waals surface area contributed by atoms with E-state index in [1.807, 2.05) is 7.05 Å². The lowest BCUT2D eigenvalue weighted by molar-refractivity contribution is -0.135. The van der Waals surface area contributed by atoms with E-state index < -0.39 is 0 Å². The van der Waals surface area contributed by atoms with Crippen molar-refractivity contribution in [1.29, 1.82) is 0 Å². The highest BCUT2D eigenvalue weighted by Gasteiger charge is 2.35. The van der Waals surface area contributed by atoms with E-state index in [2.05, 4.69) is 22.5 Å². The second kappa shape index (κ2) is 7.96. The summed E-state index contributed by atoms with van der Waals surface area (Å²) in [5, 5.41) is 6.38. The van der Waals surface area contributed by atoms with Crippen LogP contribution in [0.3, 0.4) is 0 Å². The standard InChI is InChI=1S/C15H29N3O2/c1-3-8-17-15(19)14-11-20-10-9-18(14)13-6-4-12(16-2)5-7-13/h12-14,16H,3-11H2,1-2H3,(H,17,19). The number of hydrogen-bond acceptors (Lipinski definition) is 4. The van der Waals surface area contributed by atoms with Gasteiger partial charge in [-0.05, 0) is 39.2 Å². The minimum Gasteiger partial charge on any atom is -0.378 e. The molecule has 0 aromatic carbocycles. The zero-order valence-electron chi connectivity index (χ0n) is 12.9. The average molecular weight is 283 g/mol. The Morgan fingerprint density at radius 3 is 2.70 bits per heavy atom. The molecule has 1 saturated carbocycles. The van der Waals surface area contributed by atoms with Crippen LogP contribution in [0.1, 0.15) is 39.0 Å². The molecule has 0 aromatic rings. The normalized spacial score (nSPS) is 32.0. The van der Waals surface area contributed by atoms with Crippen molar-refractivity contribution in [3.8, 4) is 0 Å². The number of nitrogens with one attached hydrogen (secondary N) is 2. The third-order valence-electron chi connectivity index (χ3n) is 4.60. The lowest BCUT2D eigenvalue weighted by Crippen LogP contribution is -2.58. The summed E-state index contributed by atoms with van der Waals surface area (Å²) >= 11 is 0. The average Bonchev–Trinajstić information content (AvgIpc) is 2.52. The summed E-state index contributed by atoms with van der Waals surface area (Å²) in [5.74, 6) is 0.141. The van der Waals surface area contributed by atoms with E-state index in [0.717, 1.165) is 26.1 Å². The lowest BCUT2D eigenvalue weighted by Gasteiger charge is -2.42. The first kappa shape index (κ1) is 15.7. The van der Waals surface area contributed by atoms with Crippen LogP contribution in [0, 0.1) is 0 Å². The van der Waals surface area contributed by atoms with Crippen LogP contribution in [0.5, 0.6) is 0 Å².